The first kappa shape index (κ1) is 27.5. The molecule has 3 aromatic rings. The molecule has 43 heavy (non-hydrogen) atoms. The van der Waals surface area contributed by atoms with Crippen molar-refractivity contribution in [1.82, 2.24) is 24.1 Å². The van der Waals surface area contributed by atoms with Gasteiger partial charge in [0, 0.05) is 57.8 Å². The molecule has 0 bridgehead atoms. The number of rotatable bonds is 4. The molecule has 10 nitrogen and oxygen atoms in total. The van der Waals surface area contributed by atoms with Crippen LogP contribution in [0.2, 0.25) is 0 Å². The van der Waals surface area contributed by atoms with Gasteiger partial charge in [0.25, 0.3) is 5.56 Å². The second-order valence-electron chi connectivity index (χ2n) is 14.0. The summed E-state index contributed by atoms with van der Waals surface area (Å²) in [6.07, 6.45) is 5.25. The van der Waals surface area contributed by atoms with Crippen LogP contribution in [0.15, 0.2) is 23.0 Å². The summed E-state index contributed by atoms with van der Waals surface area (Å²) in [6.45, 7) is 6.02. The van der Waals surface area contributed by atoms with Gasteiger partial charge in [-0.3, -0.25) is 9.59 Å². The van der Waals surface area contributed by atoms with Gasteiger partial charge in [-0.1, -0.05) is 6.07 Å². The number of piperidine rings is 1. The number of carbonyl (C=O) groups is 2. The van der Waals surface area contributed by atoms with E-state index in [0.29, 0.717) is 28.5 Å². The van der Waals surface area contributed by atoms with E-state index in [1.54, 1.807) is 6.07 Å². The van der Waals surface area contributed by atoms with Crippen molar-refractivity contribution in [3.8, 4) is 0 Å². The van der Waals surface area contributed by atoms with Crippen LogP contribution in [0.4, 0.5) is 14.9 Å². The fourth-order valence-electron chi connectivity index (χ4n) is 8.35. The smallest absolute Gasteiger partial charge is 0.410 e. The Morgan fingerprint density at radius 3 is 2.65 bits per heavy atom. The highest BCUT2D eigenvalue weighted by atomic mass is 127. The van der Waals surface area contributed by atoms with Crippen LogP contribution in [0.25, 0.3) is 5.78 Å². The van der Waals surface area contributed by atoms with Crippen LogP contribution in [0.5, 0.6) is 0 Å². The SMILES string of the molecule is CC(C)(C)OC(=O)N1CC[C@]2(c3c(n(CC(=O)Nc4ccc(C5CC5)cc4F)c4nc(I)nn4c3=O)[C@H]3C[C@H]32)[C@@H]2CC[C@@H]21. The number of halogens is 2. The predicted octanol–water partition coefficient (Wildman–Crippen LogP) is 4.93. The van der Waals surface area contributed by atoms with Crippen molar-refractivity contribution >= 4 is 46.1 Å². The zero-order valence-corrected chi connectivity index (χ0v) is 26.6. The fraction of sp³-hybridized carbons (Fsp3) is 0.581. The van der Waals surface area contributed by atoms with Crippen LogP contribution in [-0.4, -0.2) is 54.3 Å². The Morgan fingerprint density at radius 1 is 1.19 bits per heavy atom. The van der Waals surface area contributed by atoms with E-state index in [2.05, 4.69) is 15.4 Å². The maximum atomic E-state index is 14.9. The van der Waals surface area contributed by atoms with Gasteiger partial charge in [0.05, 0.1) is 5.69 Å². The summed E-state index contributed by atoms with van der Waals surface area (Å²) in [7, 11) is 0. The van der Waals surface area contributed by atoms with Gasteiger partial charge < -0.3 is 19.5 Å². The summed E-state index contributed by atoms with van der Waals surface area (Å²) < 4.78 is 24.2. The predicted molar refractivity (Wildman–Crippen MR) is 164 cm³/mol. The molecule has 5 atom stereocenters. The minimum atomic E-state index is -0.584. The third kappa shape index (κ3) is 4.17. The van der Waals surface area contributed by atoms with Gasteiger partial charge in [0.2, 0.25) is 15.5 Å². The summed E-state index contributed by atoms with van der Waals surface area (Å²) in [5, 5.41) is 7.19. The average molecular weight is 701 g/mol. The maximum Gasteiger partial charge on any atom is 0.410 e. The minimum Gasteiger partial charge on any atom is -0.444 e. The standard InChI is InChI=1S/C31H34FIN6O4/c1-30(2,3)43-29(42)37-11-10-31(18-7-9-22(18)37)19-13-17(19)25-24(31)26(41)39-28(35-27(33)36-39)38(25)14-23(40)34-21-8-6-16(12-20(21)32)15-4-5-15/h6,8,12,15,17-19,22H,4-5,7,9-11,13-14H2,1-3H3,(H,34,40)/t17-,18+,19+,22-,31-/m0/s1. The number of ether oxygens (including phenoxy) is 1. The molecule has 4 fully saturated rings. The molecule has 1 aliphatic heterocycles. The molecule has 1 N–H and O–H groups in total. The Balaban J connectivity index is 1.16. The molecule has 1 saturated heterocycles. The number of nitrogens with zero attached hydrogens (tertiary/aromatic N) is 5. The number of fused-ring (bicyclic) bond motifs is 8. The van der Waals surface area contributed by atoms with Gasteiger partial charge in [-0.2, -0.15) is 9.50 Å². The number of hydrogen-bond acceptors (Lipinski definition) is 6. The third-order valence-electron chi connectivity index (χ3n) is 10.3. The van der Waals surface area contributed by atoms with Crippen LogP contribution < -0.4 is 10.9 Å². The fourth-order valence-corrected chi connectivity index (χ4v) is 8.78. The number of nitrogens with one attached hydrogen (secondary N) is 1. The van der Waals surface area contributed by atoms with Crippen molar-refractivity contribution in [3.63, 3.8) is 0 Å². The zero-order valence-electron chi connectivity index (χ0n) is 24.4. The normalized spacial score (nSPS) is 28.7. The van der Waals surface area contributed by atoms with Gasteiger partial charge >= 0.3 is 6.09 Å². The lowest BCUT2D eigenvalue weighted by atomic mass is 9.54. The largest absolute Gasteiger partial charge is 0.444 e. The second-order valence-corrected chi connectivity index (χ2v) is 14.9. The Labute approximate surface area is 261 Å². The quantitative estimate of drug-likeness (QED) is 0.387. The van der Waals surface area contributed by atoms with E-state index in [4.69, 9.17) is 4.74 Å². The van der Waals surface area contributed by atoms with E-state index in [0.717, 1.165) is 48.9 Å². The highest BCUT2D eigenvalue weighted by Crippen LogP contribution is 2.72. The molecule has 4 aliphatic carbocycles. The molecular weight excluding hydrogens is 666 g/mol. The number of hydrogen-bond donors (Lipinski definition) is 1. The van der Waals surface area contributed by atoms with Crippen molar-refractivity contribution in [2.24, 2.45) is 11.8 Å². The molecule has 2 amide bonds. The third-order valence-corrected chi connectivity index (χ3v) is 10.8. The number of anilines is 1. The highest BCUT2D eigenvalue weighted by molar-refractivity contribution is 14.1. The van der Waals surface area contributed by atoms with Crippen molar-refractivity contribution in [3.05, 3.63) is 55.0 Å². The summed E-state index contributed by atoms with van der Waals surface area (Å²) in [4.78, 5) is 47.2. The topological polar surface area (TPSA) is 111 Å². The van der Waals surface area contributed by atoms with E-state index in [1.165, 1.54) is 10.6 Å². The summed E-state index contributed by atoms with van der Waals surface area (Å²) >= 11 is 1.99. The Kier molecular flexibility index (Phi) is 5.91. The van der Waals surface area contributed by atoms with E-state index < -0.39 is 11.4 Å². The first-order valence-electron chi connectivity index (χ1n) is 15.2. The lowest BCUT2D eigenvalue weighted by Crippen LogP contribution is -2.64. The monoisotopic (exact) mass is 700 g/mol. The molecule has 5 aliphatic rings. The van der Waals surface area contributed by atoms with Crippen LogP contribution in [0.3, 0.4) is 0 Å². The van der Waals surface area contributed by atoms with Gasteiger partial charge in [-0.15, -0.1) is 5.10 Å². The lowest BCUT2D eigenvalue weighted by Gasteiger charge is -2.57. The minimum absolute atomic E-state index is 0.0140. The molecule has 2 aromatic heterocycles. The molecule has 12 heteroatoms. The van der Waals surface area contributed by atoms with E-state index in [1.807, 2.05) is 58.9 Å². The number of benzene rings is 1. The Morgan fingerprint density at radius 2 is 1.98 bits per heavy atom. The van der Waals surface area contributed by atoms with Crippen molar-refractivity contribution in [2.75, 3.05) is 11.9 Å². The van der Waals surface area contributed by atoms with Crippen LogP contribution >= 0.6 is 22.6 Å². The lowest BCUT2D eigenvalue weighted by molar-refractivity contribution is -0.116. The van der Waals surface area contributed by atoms with Crippen LogP contribution in [0, 0.1) is 21.5 Å². The first-order valence-corrected chi connectivity index (χ1v) is 16.3. The van der Waals surface area contributed by atoms with Gasteiger partial charge in [-0.05, 0) is 94.7 Å². The zero-order chi connectivity index (χ0) is 30.0. The molecule has 1 spiro atoms. The van der Waals surface area contributed by atoms with Crippen molar-refractivity contribution in [1.29, 1.82) is 0 Å². The Bertz CT molecular complexity index is 1780. The average Bonchev–Trinajstić information content (AvgIpc) is 3.83. The maximum absolute atomic E-state index is 14.9. The second kappa shape index (κ2) is 9.24. The Hall–Kier alpha value is -3.03. The van der Waals surface area contributed by atoms with E-state index in [9.17, 15) is 18.8 Å². The molecule has 226 valence electrons. The number of likely N-dealkylation sites (tertiary alicyclic amines) is 1. The number of amides is 2. The molecule has 0 unspecified atom stereocenters. The molecule has 8 rings (SSSR count). The van der Waals surface area contributed by atoms with Gasteiger partial charge in [-0.25, -0.2) is 9.18 Å². The molecule has 3 saturated carbocycles. The van der Waals surface area contributed by atoms with Crippen LogP contribution in [-0.2, 0) is 21.5 Å². The van der Waals surface area contributed by atoms with E-state index in [-0.39, 0.29) is 59.0 Å². The molecule has 3 heterocycles. The molecular formula is C31H34FIN6O4. The van der Waals surface area contributed by atoms with Crippen molar-refractivity contribution in [2.45, 2.75) is 94.7 Å². The summed E-state index contributed by atoms with van der Waals surface area (Å²) in [5.41, 5.74) is 1.56. The van der Waals surface area contributed by atoms with Crippen LogP contribution in [0.1, 0.15) is 88.0 Å². The van der Waals surface area contributed by atoms with Crippen molar-refractivity contribution < 1.29 is 18.7 Å². The summed E-state index contributed by atoms with van der Waals surface area (Å²) in [5.74, 6) is 0.459. The highest BCUT2D eigenvalue weighted by Gasteiger charge is 2.70. The first-order chi connectivity index (χ1) is 20.5. The van der Waals surface area contributed by atoms with Gasteiger partial charge in [0.1, 0.15) is 18.0 Å². The van der Waals surface area contributed by atoms with E-state index >= 15 is 0 Å². The summed E-state index contributed by atoms with van der Waals surface area (Å²) in [6, 6.07) is 5.04. The number of aromatic nitrogens is 4. The van der Waals surface area contributed by atoms with Gasteiger partial charge in [0.15, 0.2) is 0 Å². The molecule has 1 aromatic carbocycles. The molecule has 0 radical (unpaired) electrons. The number of carbonyl (C=O) groups excluding carboxylic acids is 2.